The summed E-state index contributed by atoms with van der Waals surface area (Å²) in [5.41, 5.74) is 1.47. The molecule has 2 rings (SSSR count). The lowest BCUT2D eigenvalue weighted by molar-refractivity contribution is 0.133. The molecule has 0 aliphatic heterocycles. The van der Waals surface area contributed by atoms with E-state index < -0.39 is 0 Å². The van der Waals surface area contributed by atoms with E-state index in [9.17, 15) is 0 Å². The average molecular weight is 314 g/mol. The third-order valence-electron chi connectivity index (χ3n) is 4.45. The lowest BCUT2D eigenvalue weighted by atomic mass is 9.58. The molecule has 0 unspecified atom stereocenters. The average Bonchev–Trinajstić information content (AvgIpc) is 2.32. The molecule has 0 heterocycles. The van der Waals surface area contributed by atoms with Gasteiger partial charge >= 0.3 is 0 Å². The van der Waals surface area contributed by atoms with E-state index in [0.717, 1.165) is 29.1 Å². The molecule has 0 bridgehead atoms. The van der Waals surface area contributed by atoms with Crippen molar-refractivity contribution in [2.24, 2.45) is 11.8 Å². The van der Waals surface area contributed by atoms with Crippen molar-refractivity contribution < 1.29 is 0 Å². The molecule has 0 aromatic heterocycles. The normalized spacial score (nSPS) is 25.8. The lowest BCUT2D eigenvalue weighted by Gasteiger charge is -2.49. The smallest absolute Gasteiger partial charge is 0.0458 e. The Morgan fingerprint density at radius 1 is 1.30 bits per heavy atom. The van der Waals surface area contributed by atoms with Crippen LogP contribution < -0.4 is 5.32 Å². The van der Waals surface area contributed by atoms with Crippen LogP contribution in [-0.4, -0.2) is 13.1 Å². The molecular weight excluding hydrogens is 289 g/mol. The molecule has 1 nitrogen and oxygen atoms in total. The highest BCUT2D eigenvalue weighted by molar-refractivity contribution is 6.35. The molecule has 0 saturated heterocycles. The van der Waals surface area contributed by atoms with Crippen LogP contribution in [0.1, 0.15) is 45.6 Å². The Bertz CT molecular complexity index is 450. The minimum atomic E-state index is 0.206. The van der Waals surface area contributed by atoms with Gasteiger partial charge < -0.3 is 5.32 Å². The summed E-state index contributed by atoms with van der Waals surface area (Å²) in [5.74, 6) is 1.51. The molecule has 0 amide bonds. The monoisotopic (exact) mass is 313 g/mol. The predicted molar refractivity (Wildman–Crippen MR) is 88.9 cm³/mol. The highest BCUT2D eigenvalue weighted by Crippen LogP contribution is 2.50. The molecule has 0 spiro atoms. The van der Waals surface area contributed by atoms with E-state index in [4.69, 9.17) is 23.2 Å². The van der Waals surface area contributed by atoms with Gasteiger partial charge in [0.25, 0.3) is 0 Å². The third-order valence-corrected chi connectivity index (χ3v) is 5.00. The fraction of sp³-hybridized carbons (Fsp3) is 0.647. The van der Waals surface area contributed by atoms with Crippen molar-refractivity contribution in [2.75, 3.05) is 13.1 Å². The Balaban J connectivity index is 2.15. The first-order chi connectivity index (χ1) is 9.47. The largest absolute Gasteiger partial charge is 0.316 e. The second-order valence-corrected chi connectivity index (χ2v) is 7.46. The van der Waals surface area contributed by atoms with Crippen molar-refractivity contribution in [3.63, 3.8) is 0 Å². The summed E-state index contributed by atoms with van der Waals surface area (Å²) < 4.78 is 0. The Labute approximate surface area is 133 Å². The molecule has 112 valence electrons. The third kappa shape index (κ3) is 3.50. The lowest BCUT2D eigenvalue weighted by Crippen LogP contribution is -2.49. The predicted octanol–water partition coefficient (Wildman–Crippen LogP) is 5.30. The maximum Gasteiger partial charge on any atom is 0.0458 e. The highest BCUT2D eigenvalue weighted by Gasteiger charge is 2.45. The Morgan fingerprint density at radius 2 is 2.00 bits per heavy atom. The Morgan fingerprint density at radius 3 is 2.55 bits per heavy atom. The topological polar surface area (TPSA) is 12.0 Å². The van der Waals surface area contributed by atoms with Crippen LogP contribution in [0.25, 0.3) is 0 Å². The van der Waals surface area contributed by atoms with E-state index in [2.05, 4.69) is 32.2 Å². The number of benzene rings is 1. The molecule has 1 aromatic carbocycles. The highest BCUT2D eigenvalue weighted by atomic mass is 35.5. The maximum atomic E-state index is 6.45. The van der Waals surface area contributed by atoms with E-state index in [0.29, 0.717) is 5.92 Å². The van der Waals surface area contributed by atoms with E-state index in [-0.39, 0.29) is 5.41 Å². The van der Waals surface area contributed by atoms with Crippen LogP contribution in [0.4, 0.5) is 0 Å². The fourth-order valence-corrected chi connectivity index (χ4v) is 3.92. The summed E-state index contributed by atoms with van der Waals surface area (Å²) in [7, 11) is 0. The standard InChI is InChI=1S/C17H25Cl2N/c1-4-13-8-17(9-13,11-20-10-12(2)3)15-6-5-14(18)7-16(15)19/h5-7,12-13,20H,4,8-11H2,1-3H3. The van der Waals surface area contributed by atoms with E-state index in [1.165, 1.54) is 24.8 Å². The van der Waals surface area contributed by atoms with Gasteiger partial charge in [-0.3, -0.25) is 0 Å². The van der Waals surface area contributed by atoms with Crippen molar-refractivity contribution in [3.05, 3.63) is 33.8 Å². The molecule has 0 radical (unpaired) electrons. The van der Waals surface area contributed by atoms with Crippen molar-refractivity contribution in [1.82, 2.24) is 5.32 Å². The van der Waals surface area contributed by atoms with Crippen molar-refractivity contribution in [1.29, 1.82) is 0 Å². The van der Waals surface area contributed by atoms with Crippen LogP contribution in [0.5, 0.6) is 0 Å². The van der Waals surface area contributed by atoms with Crippen molar-refractivity contribution >= 4 is 23.2 Å². The second kappa shape index (κ2) is 6.68. The zero-order valence-corrected chi connectivity index (χ0v) is 14.2. The van der Waals surface area contributed by atoms with Crippen LogP contribution in [0.2, 0.25) is 10.0 Å². The number of nitrogens with one attached hydrogen (secondary N) is 1. The second-order valence-electron chi connectivity index (χ2n) is 6.61. The van der Waals surface area contributed by atoms with E-state index in [1.54, 1.807) is 0 Å². The first-order valence-corrected chi connectivity index (χ1v) is 8.38. The molecular formula is C17H25Cl2N. The Kier molecular flexibility index (Phi) is 5.39. The van der Waals surface area contributed by atoms with E-state index >= 15 is 0 Å². The van der Waals surface area contributed by atoms with Gasteiger partial charge in [0, 0.05) is 22.0 Å². The number of hydrogen-bond acceptors (Lipinski definition) is 1. The van der Waals surface area contributed by atoms with Crippen molar-refractivity contribution in [2.45, 2.75) is 45.4 Å². The van der Waals surface area contributed by atoms with Crippen LogP contribution in [0.15, 0.2) is 18.2 Å². The zero-order chi connectivity index (χ0) is 14.8. The SMILES string of the molecule is CCC1CC(CNCC(C)C)(c2ccc(Cl)cc2Cl)C1. The molecule has 1 saturated carbocycles. The Hall–Kier alpha value is -0.240. The first-order valence-electron chi connectivity index (χ1n) is 7.63. The molecule has 20 heavy (non-hydrogen) atoms. The van der Waals surface area contributed by atoms with Crippen LogP contribution in [0.3, 0.4) is 0 Å². The molecule has 1 aliphatic carbocycles. The maximum absolute atomic E-state index is 6.45. The van der Waals surface area contributed by atoms with E-state index in [1.807, 2.05) is 12.1 Å². The molecule has 1 N–H and O–H groups in total. The van der Waals surface area contributed by atoms with Gasteiger partial charge in [-0.1, -0.05) is 56.5 Å². The van der Waals surface area contributed by atoms with Crippen LogP contribution in [-0.2, 0) is 5.41 Å². The van der Waals surface area contributed by atoms with Gasteiger partial charge in [-0.25, -0.2) is 0 Å². The molecule has 1 aromatic rings. The van der Waals surface area contributed by atoms with Gasteiger partial charge in [-0.05, 0) is 48.9 Å². The number of halogens is 2. The van der Waals surface area contributed by atoms with Gasteiger partial charge in [-0.2, -0.15) is 0 Å². The summed E-state index contributed by atoms with van der Waals surface area (Å²) in [4.78, 5) is 0. The molecule has 1 fully saturated rings. The fourth-order valence-electron chi connectivity index (χ4n) is 3.31. The minimum Gasteiger partial charge on any atom is -0.316 e. The molecule has 0 atom stereocenters. The zero-order valence-electron chi connectivity index (χ0n) is 12.7. The summed E-state index contributed by atoms with van der Waals surface area (Å²) in [6, 6.07) is 5.96. The molecule has 1 aliphatic rings. The van der Waals surface area contributed by atoms with Gasteiger partial charge in [0.15, 0.2) is 0 Å². The summed E-state index contributed by atoms with van der Waals surface area (Å²) in [5, 5.41) is 5.16. The summed E-state index contributed by atoms with van der Waals surface area (Å²) in [6.07, 6.45) is 3.73. The van der Waals surface area contributed by atoms with Gasteiger partial charge in [-0.15, -0.1) is 0 Å². The van der Waals surface area contributed by atoms with Crippen molar-refractivity contribution in [3.8, 4) is 0 Å². The quantitative estimate of drug-likeness (QED) is 0.751. The number of hydrogen-bond donors (Lipinski definition) is 1. The first kappa shape index (κ1) is 16.1. The van der Waals surface area contributed by atoms with Gasteiger partial charge in [0.05, 0.1) is 0 Å². The molecule has 3 heteroatoms. The summed E-state index contributed by atoms with van der Waals surface area (Å²) >= 11 is 12.5. The van der Waals surface area contributed by atoms with Crippen LogP contribution in [0, 0.1) is 11.8 Å². The van der Waals surface area contributed by atoms with Gasteiger partial charge in [0.1, 0.15) is 0 Å². The van der Waals surface area contributed by atoms with Crippen LogP contribution >= 0.6 is 23.2 Å². The number of rotatable bonds is 6. The van der Waals surface area contributed by atoms with Gasteiger partial charge in [0.2, 0.25) is 0 Å². The summed E-state index contributed by atoms with van der Waals surface area (Å²) in [6.45, 7) is 8.83. The minimum absolute atomic E-state index is 0.206.